The van der Waals surface area contributed by atoms with E-state index in [0.29, 0.717) is 0 Å². The minimum atomic E-state index is 1.02. The van der Waals surface area contributed by atoms with Gasteiger partial charge in [0.05, 0.1) is 0 Å². The molecule has 1 aliphatic rings. The smallest absolute Gasteiger partial charge is 0.00134 e. The molecular weight excluding hydrogens is 444 g/mol. The van der Waals surface area contributed by atoms with Crippen LogP contribution in [0, 0.1) is 0 Å². The number of benzene rings is 7. The second-order valence-electron chi connectivity index (χ2n) is 10.1. The second kappa shape index (κ2) is 7.91. The third-order valence-corrected chi connectivity index (χ3v) is 8.06. The molecule has 1 aliphatic carbocycles. The van der Waals surface area contributed by atoms with Gasteiger partial charge in [-0.05, 0) is 95.4 Å². The van der Waals surface area contributed by atoms with Crippen molar-refractivity contribution < 1.29 is 0 Å². The lowest BCUT2D eigenvalue weighted by Gasteiger charge is -2.18. The van der Waals surface area contributed by atoms with Crippen molar-refractivity contribution in [2.45, 2.75) is 6.42 Å². The van der Waals surface area contributed by atoms with Crippen LogP contribution >= 0.6 is 0 Å². The third-order valence-electron chi connectivity index (χ3n) is 8.06. The van der Waals surface area contributed by atoms with Crippen LogP contribution in [0.1, 0.15) is 11.1 Å². The molecule has 0 fully saturated rings. The Labute approximate surface area is 216 Å². The Balaban J connectivity index is 1.45. The van der Waals surface area contributed by atoms with E-state index in [1.165, 1.54) is 76.8 Å². The zero-order chi connectivity index (χ0) is 24.3. The number of fused-ring (bicyclic) bond motifs is 6. The maximum Gasteiger partial charge on any atom is -0.00134 e. The van der Waals surface area contributed by atoms with Crippen molar-refractivity contribution in [2.75, 3.05) is 0 Å². The minimum absolute atomic E-state index is 1.02. The van der Waals surface area contributed by atoms with Gasteiger partial charge in [-0.25, -0.2) is 0 Å². The average molecular weight is 469 g/mol. The molecule has 0 radical (unpaired) electrons. The molecule has 8 rings (SSSR count). The molecule has 0 nitrogen and oxygen atoms in total. The molecule has 0 bridgehead atoms. The summed E-state index contributed by atoms with van der Waals surface area (Å²) in [6.45, 7) is 0. The molecule has 172 valence electrons. The minimum Gasteiger partial charge on any atom is -0.0619 e. The van der Waals surface area contributed by atoms with E-state index < -0.39 is 0 Å². The summed E-state index contributed by atoms with van der Waals surface area (Å²) in [5, 5.41) is 7.75. The fourth-order valence-electron chi connectivity index (χ4n) is 6.37. The Bertz CT molecular complexity index is 1950. The molecule has 37 heavy (non-hydrogen) atoms. The maximum absolute atomic E-state index is 2.42. The van der Waals surface area contributed by atoms with Gasteiger partial charge >= 0.3 is 0 Å². The van der Waals surface area contributed by atoms with Gasteiger partial charge in [-0.15, -0.1) is 0 Å². The molecule has 0 N–H and O–H groups in total. The molecule has 0 unspecified atom stereocenters. The molecule has 7 aromatic rings. The molecule has 0 atom stereocenters. The summed E-state index contributed by atoms with van der Waals surface area (Å²) < 4.78 is 0. The highest BCUT2D eigenvalue weighted by Crippen LogP contribution is 2.46. The van der Waals surface area contributed by atoms with Crippen LogP contribution in [0.4, 0.5) is 0 Å². The molecule has 0 saturated carbocycles. The standard InChI is InChI=1S/C37H24/c1-2-10-25-21-28(19-17-24(25)9-1)36-31-13-5-7-15-33(31)37(34-16-8-6-14-32(34)36)29-20-18-27-22-26-11-3-4-12-30(26)35(27)23-29/h1-21,23H,22H2. The van der Waals surface area contributed by atoms with Crippen molar-refractivity contribution in [2.24, 2.45) is 0 Å². The molecule has 0 heteroatoms. The van der Waals surface area contributed by atoms with Crippen molar-refractivity contribution in [1.29, 1.82) is 0 Å². The van der Waals surface area contributed by atoms with Gasteiger partial charge in [0.2, 0.25) is 0 Å². The first kappa shape index (κ1) is 20.5. The van der Waals surface area contributed by atoms with Gasteiger partial charge in [0.15, 0.2) is 0 Å². The van der Waals surface area contributed by atoms with Gasteiger partial charge in [0, 0.05) is 0 Å². The molecule has 0 aromatic heterocycles. The summed E-state index contributed by atoms with van der Waals surface area (Å²) in [7, 11) is 0. The van der Waals surface area contributed by atoms with Crippen LogP contribution in [-0.2, 0) is 6.42 Å². The Morgan fingerprint density at radius 1 is 0.351 bits per heavy atom. The Morgan fingerprint density at radius 2 is 0.865 bits per heavy atom. The van der Waals surface area contributed by atoms with E-state index in [4.69, 9.17) is 0 Å². The summed E-state index contributed by atoms with van der Waals surface area (Å²) in [4.78, 5) is 0. The maximum atomic E-state index is 2.42. The van der Waals surface area contributed by atoms with Crippen LogP contribution in [0.15, 0.2) is 133 Å². The first-order valence-corrected chi connectivity index (χ1v) is 13.0. The lowest BCUT2D eigenvalue weighted by molar-refractivity contribution is 1.26. The predicted molar refractivity (Wildman–Crippen MR) is 158 cm³/mol. The SMILES string of the molecule is c1ccc2c(c1)Cc1ccc(-c3c4ccccc4c(-c4ccc5ccccc5c4)c4ccccc34)cc1-2. The molecule has 0 heterocycles. The summed E-state index contributed by atoms with van der Waals surface area (Å²) >= 11 is 0. The van der Waals surface area contributed by atoms with Gasteiger partial charge in [-0.1, -0.05) is 121 Å². The van der Waals surface area contributed by atoms with Crippen molar-refractivity contribution in [3.05, 3.63) is 145 Å². The van der Waals surface area contributed by atoms with E-state index in [-0.39, 0.29) is 0 Å². The molecular formula is C37H24. The zero-order valence-corrected chi connectivity index (χ0v) is 20.4. The van der Waals surface area contributed by atoms with Crippen LogP contribution < -0.4 is 0 Å². The first-order chi connectivity index (χ1) is 18.3. The molecule has 0 spiro atoms. The third kappa shape index (κ3) is 3.09. The van der Waals surface area contributed by atoms with Crippen molar-refractivity contribution in [3.63, 3.8) is 0 Å². The van der Waals surface area contributed by atoms with E-state index in [1.807, 2.05) is 0 Å². The highest BCUT2D eigenvalue weighted by atomic mass is 14.2. The molecule has 0 amide bonds. The number of hydrogen-bond donors (Lipinski definition) is 0. The van der Waals surface area contributed by atoms with Crippen LogP contribution in [0.2, 0.25) is 0 Å². The molecule has 0 aliphatic heterocycles. The van der Waals surface area contributed by atoms with Gasteiger partial charge < -0.3 is 0 Å². The normalized spacial score (nSPS) is 12.2. The molecule has 0 saturated heterocycles. The Kier molecular flexibility index (Phi) is 4.39. The van der Waals surface area contributed by atoms with Gasteiger partial charge in [0.25, 0.3) is 0 Å². The highest BCUT2D eigenvalue weighted by molar-refractivity contribution is 6.21. The second-order valence-corrected chi connectivity index (χ2v) is 10.1. The molecule has 7 aromatic carbocycles. The quantitative estimate of drug-likeness (QED) is 0.221. The highest BCUT2D eigenvalue weighted by Gasteiger charge is 2.21. The fourth-order valence-corrected chi connectivity index (χ4v) is 6.37. The first-order valence-electron chi connectivity index (χ1n) is 13.0. The van der Waals surface area contributed by atoms with E-state index in [9.17, 15) is 0 Å². The number of hydrogen-bond acceptors (Lipinski definition) is 0. The fraction of sp³-hybridized carbons (Fsp3) is 0.0270. The Hall–Kier alpha value is -4.68. The number of rotatable bonds is 2. The van der Waals surface area contributed by atoms with Crippen LogP contribution in [0.5, 0.6) is 0 Å². The van der Waals surface area contributed by atoms with E-state index in [0.717, 1.165) is 6.42 Å². The van der Waals surface area contributed by atoms with Gasteiger partial charge in [0.1, 0.15) is 0 Å². The Morgan fingerprint density at radius 3 is 1.57 bits per heavy atom. The van der Waals surface area contributed by atoms with Crippen molar-refractivity contribution in [1.82, 2.24) is 0 Å². The summed E-state index contributed by atoms with van der Waals surface area (Å²) in [5.74, 6) is 0. The lowest BCUT2D eigenvalue weighted by Crippen LogP contribution is -1.91. The average Bonchev–Trinajstić information content (AvgIpc) is 3.33. The monoisotopic (exact) mass is 468 g/mol. The summed E-state index contributed by atoms with van der Waals surface area (Å²) in [5.41, 5.74) is 10.8. The van der Waals surface area contributed by atoms with E-state index in [1.54, 1.807) is 0 Å². The topological polar surface area (TPSA) is 0 Å². The lowest BCUT2D eigenvalue weighted by atomic mass is 9.85. The largest absolute Gasteiger partial charge is 0.0619 e. The van der Waals surface area contributed by atoms with Crippen molar-refractivity contribution in [3.8, 4) is 33.4 Å². The van der Waals surface area contributed by atoms with E-state index in [2.05, 4.69) is 133 Å². The van der Waals surface area contributed by atoms with Crippen LogP contribution in [-0.4, -0.2) is 0 Å². The van der Waals surface area contributed by atoms with Gasteiger partial charge in [-0.3, -0.25) is 0 Å². The summed E-state index contributed by atoms with van der Waals surface area (Å²) in [6, 6.07) is 49.3. The predicted octanol–water partition coefficient (Wildman–Crippen LogP) is 10.1. The van der Waals surface area contributed by atoms with Crippen LogP contribution in [0.3, 0.4) is 0 Å². The summed E-state index contributed by atoms with van der Waals surface area (Å²) in [6.07, 6.45) is 1.02. The zero-order valence-electron chi connectivity index (χ0n) is 20.4. The van der Waals surface area contributed by atoms with E-state index >= 15 is 0 Å². The van der Waals surface area contributed by atoms with Crippen LogP contribution in [0.25, 0.3) is 65.7 Å². The van der Waals surface area contributed by atoms with Gasteiger partial charge in [-0.2, -0.15) is 0 Å². The van der Waals surface area contributed by atoms with Crippen molar-refractivity contribution >= 4 is 32.3 Å².